The predicted molar refractivity (Wildman–Crippen MR) is 213 cm³/mol. The summed E-state index contributed by atoms with van der Waals surface area (Å²) in [5, 5.41) is 51.4. The third kappa shape index (κ3) is 12.2. The minimum absolute atomic E-state index is 0.0305. The molecular weight excluding hydrogens is 845 g/mol. The number of carbonyl (C=O) groups is 2. The van der Waals surface area contributed by atoms with Crippen LogP contribution in [0.4, 0.5) is 23.7 Å². The maximum atomic E-state index is 12.9. The first-order chi connectivity index (χ1) is 30.0. The number of rotatable bonds is 18. The number of nitrogens with two attached hydrogens (primary N) is 2. The molecule has 3 amide bonds. The van der Waals surface area contributed by atoms with Gasteiger partial charge in [0.2, 0.25) is 5.91 Å². The number of hydrogen-bond acceptors (Lipinski definition) is 16. The number of aromatic nitrogens is 2. The molecule has 4 unspecified atom stereocenters. The van der Waals surface area contributed by atoms with Crippen molar-refractivity contribution in [2.24, 2.45) is 11.5 Å². The number of aliphatic hydroxyl groups excluding tert-OH is 4. The van der Waals surface area contributed by atoms with Crippen LogP contribution in [-0.2, 0) is 25.5 Å². The van der Waals surface area contributed by atoms with E-state index in [0.29, 0.717) is 31.7 Å². The number of urea groups is 1. The summed E-state index contributed by atoms with van der Waals surface area (Å²) in [7, 11) is 0. The van der Waals surface area contributed by atoms with E-state index in [1.54, 1.807) is 0 Å². The van der Waals surface area contributed by atoms with Gasteiger partial charge in [-0.3, -0.25) is 19.1 Å². The van der Waals surface area contributed by atoms with Gasteiger partial charge < -0.3 is 76.4 Å². The maximum absolute atomic E-state index is 12.9. The van der Waals surface area contributed by atoms with Gasteiger partial charge in [-0.2, -0.15) is 0 Å². The fourth-order valence-corrected chi connectivity index (χ4v) is 7.48. The van der Waals surface area contributed by atoms with Crippen LogP contribution in [0.1, 0.15) is 31.1 Å². The molecule has 6 rings (SSSR count). The molecule has 24 heteroatoms. The molecule has 0 bridgehead atoms. The Labute approximate surface area is 357 Å². The smallest absolute Gasteiger partial charge is 0.490 e. The van der Waals surface area contributed by atoms with Crippen molar-refractivity contribution in [2.45, 2.75) is 99.6 Å². The Balaban J connectivity index is 0.959. The Bertz CT molecular complexity index is 2090. The van der Waals surface area contributed by atoms with Gasteiger partial charge in [-0.1, -0.05) is 12.1 Å². The number of anilines is 1. The van der Waals surface area contributed by atoms with Crippen LogP contribution in [0.3, 0.4) is 0 Å². The Morgan fingerprint density at radius 2 is 1.57 bits per heavy atom. The van der Waals surface area contributed by atoms with Crippen molar-refractivity contribution in [1.29, 1.82) is 0 Å². The van der Waals surface area contributed by atoms with E-state index < -0.39 is 90.8 Å². The fraction of sp³-hybridized carbons (Fsp3) is 0.538. The lowest BCUT2D eigenvalue weighted by Gasteiger charge is -2.34. The third-order valence-electron chi connectivity index (χ3n) is 10.8. The number of H-pyrrole nitrogens is 1. The van der Waals surface area contributed by atoms with Gasteiger partial charge >= 0.3 is 18.1 Å². The molecule has 0 spiro atoms. The standard InChI is InChI=1S/C39H51F3N8O13/c40-39(41,42)63-24-8-6-22(7-9-24)59-23-10-15-49(16-11-23)21-4-2-20(3-5-21)19-47-37(57)46-14-1-13-45-27(34(44)56)32(62-36-31(55)28(52)25(18-43)60-36)33-29(53)30(54)35(61-33)50-17-12-26(51)48-38(50)58/h2-9,12,17,23,25,27-33,35-36,45,52-55H,1,10-11,13-16,18-19,43H2,(H2,44,56)(H2,46,47,57)(H,48,51,58)/t25-,27+,28-,29?,30?,31-,32+,33?,35?,36+/m1/s1. The van der Waals surface area contributed by atoms with Crippen molar-refractivity contribution in [2.75, 3.05) is 37.6 Å². The zero-order chi connectivity index (χ0) is 45.4. The van der Waals surface area contributed by atoms with Gasteiger partial charge in [0, 0.05) is 63.5 Å². The summed E-state index contributed by atoms with van der Waals surface area (Å²) < 4.78 is 65.3. The molecule has 3 saturated heterocycles. The highest BCUT2D eigenvalue weighted by molar-refractivity contribution is 5.80. The highest BCUT2D eigenvalue weighted by Crippen LogP contribution is 2.34. The molecule has 346 valence electrons. The molecule has 1 aromatic heterocycles. The number of primary amides is 1. The SMILES string of the molecule is NC[C@H]1O[C@@H](O[C@H](C2OC(n3ccc(=O)[nH]c3=O)C(O)C2O)[C@H](NCCCNC(=O)NCc2ccc(N3CCC(Oc4ccc(OC(F)(F)F)cc4)CC3)cc2)C(N)=O)[C@H](O)[C@@H]1O. The molecule has 3 aromatic rings. The van der Waals surface area contributed by atoms with E-state index in [9.17, 15) is 52.8 Å². The van der Waals surface area contributed by atoms with Gasteiger partial charge in [-0.05, 0) is 54.9 Å². The second kappa shape index (κ2) is 20.9. The van der Waals surface area contributed by atoms with Gasteiger partial charge in [0.15, 0.2) is 12.5 Å². The fourth-order valence-electron chi connectivity index (χ4n) is 7.48. The van der Waals surface area contributed by atoms with Crippen molar-refractivity contribution in [3.8, 4) is 11.5 Å². The third-order valence-corrected chi connectivity index (χ3v) is 10.8. The van der Waals surface area contributed by atoms with Gasteiger partial charge in [0.05, 0.1) is 0 Å². The van der Waals surface area contributed by atoms with Crippen LogP contribution in [-0.4, -0.2) is 142 Å². The number of ether oxygens (including phenoxy) is 5. The average molecular weight is 897 g/mol. The van der Waals surface area contributed by atoms with Crippen LogP contribution in [0.5, 0.6) is 11.5 Å². The Hall–Kier alpha value is -5.31. The summed E-state index contributed by atoms with van der Waals surface area (Å²) in [6, 6.07) is 11.9. The number of carbonyl (C=O) groups excluding carboxylic acids is 2. The molecule has 10 atom stereocenters. The first kappa shape index (κ1) is 47.2. The zero-order valence-electron chi connectivity index (χ0n) is 33.6. The monoisotopic (exact) mass is 896 g/mol. The maximum Gasteiger partial charge on any atom is 0.573 e. The topological polar surface area (TPSA) is 307 Å². The molecule has 3 aliphatic rings. The van der Waals surface area contributed by atoms with Gasteiger partial charge in [0.25, 0.3) is 5.56 Å². The Morgan fingerprint density at radius 3 is 2.19 bits per heavy atom. The van der Waals surface area contributed by atoms with Crippen LogP contribution in [0.2, 0.25) is 0 Å². The number of aliphatic hydroxyl groups is 4. The minimum Gasteiger partial charge on any atom is -0.490 e. The first-order valence-corrected chi connectivity index (χ1v) is 20.1. The molecule has 0 radical (unpaired) electrons. The lowest BCUT2D eigenvalue weighted by molar-refractivity contribution is -0.274. The van der Waals surface area contributed by atoms with E-state index in [2.05, 4.69) is 25.6 Å². The van der Waals surface area contributed by atoms with Crippen LogP contribution >= 0.6 is 0 Å². The highest BCUT2D eigenvalue weighted by atomic mass is 19.4. The van der Waals surface area contributed by atoms with Crippen LogP contribution < -0.4 is 53.0 Å². The van der Waals surface area contributed by atoms with E-state index in [0.717, 1.165) is 28.1 Å². The largest absolute Gasteiger partial charge is 0.573 e. The molecule has 3 fully saturated rings. The second-order valence-electron chi connectivity index (χ2n) is 15.1. The molecule has 4 heterocycles. The molecule has 0 aliphatic carbocycles. The lowest BCUT2D eigenvalue weighted by Crippen LogP contribution is -2.59. The minimum atomic E-state index is -4.77. The van der Waals surface area contributed by atoms with Gasteiger partial charge in [0.1, 0.15) is 66.4 Å². The van der Waals surface area contributed by atoms with E-state index in [1.165, 1.54) is 24.3 Å². The molecule has 3 aliphatic heterocycles. The summed E-state index contributed by atoms with van der Waals surface area (Å²) in [5.74, 6) is -0.884. The van der Waals surface area contributed by atoms with Crippen LogP contribution in [0.15, 0.2) is 70.4 Å². The number of benzene rings is 2. The average Bonchev–Trinajstić information content (AvgIpc) is 3.69. The second-order valence-corrected chi connectivity index (χ2v) is 15.1. The number of aromatic amines is 1. The summed E-state index contributed by atoms with van der Waals surface area (Å²) in [5.41, 5.74) is 11.5. The summed E-state index contributed by atoms with van der Waals surface area (Å²) in [4.78, 5) is 53.8. The van der Waals surface area contributed by atoms with Crippen molar-refractivity contribution in [3.63, 3.8) is 0 Å². The summed E-state index contributed by atoms with van der Waals surface area (Å²) in [6.07, 6.45) is -16.4. The number of amides is 3. The van der Waals surface area contributed by atoms with E-state index >= 15 is 0 Å². The first-order valence-electron chi connectivity index (χ1n) is 20.1. The Morgan fingerprint density at radius 1 is 0.889 bits per heavy atom. The number of alkyl halides is 3. The van der Waals surface area contributed by atoms with Gasteiger partial charge in [-0.15, -0.1) is 13.2 Å². The highest BCUT2D eigenvalue weighted by Gasteiger charge is 2.53. The quantitative estimate of drug-likeness (QED) is 0.0632. The van der Waals surface area contributed by atoms with E-state index in [1.807, 2.05) is 29.2 Å². The van der Waals surface area contributed by atoms with Crippen LogP contribution in [0, 0.1) is 0 Å². The summed E-state index contributed by atoms with van der Waals surface area (Å²) >= 11 is 0. The van der Waals surface area contributed by atoms with E-state index in [4.69, 9.17) is 30.4 Å². The molecule has 21 nitrogen and oxygen atoms in total. The number of nitrogens with one attached hydrogen (secondary N) is 4. The molecular formula is C39H51F3N8O13. The predicted octanol–water partition coefficient (Wildman–Crippen LogP) is -1.77. The van der Waals surface area contributed by atoms with Crippen molar-refractivity contribution >= 4 is 17.6 Å². The molecule has 2 aromatic carbocycles. The normalized spacial score (nSPS) is 26.3. The summed E-state index contributed by atoms with van der Waals surface area (Å²) in [6.45, 7) is 1.55. The van der Waals surface area contributed by atoms with Crippen molar-refractivity contribution < 1.29 is 66.9 Å². The lowest BCUT2D eigenvalue weighted by atomic mass is 9.98. The molecule has 0 saturated carbocycles. The molecule has 63 heavy (non-hydrogen) atoms. The Kier molecular flexibility index (Phi) is 15.7. The van der Waals surface area contributed by atoms with Crippen LogP contribution in [0.25, 0.3) is 0 Å². The number of piperidine rings is 1. The zero-order valence-corrected chi connectivity index (χ0v) is 33.6. The van der Waals surface area contributed by atoms with Crippen molar-refractivity contribution in [3.05, 3.63) is 87.2 Å². The molecule has 12 N–H and O–H groups in total. The van der Waals surface area contributed by atoms with E-state index in [-0.39, 0.29) is 44.5 Å². The number of hydrogen-bond donors (Lipinski definition) is 10. The van der Waals surface area contributed by atoms with Gasteiger partial charge in [-0.25, -0.2) is 9.59 Å². The number of nitrogens with zero attached hydrogens (tertiary/aromatic N) is 2. The van der Waals surface area contributed by atoms with Crippen molar-refractivity contribution in [1.82, 2.24) is 25.5 Å². The number of halogens is 3.